The van der Waals surface area contributed by atoms with E-state index in [2.05, 4.69) is 44.3 Å². The number of nitrogens with zero attached hydrogens (tertiary/aromatic N) is 2. The van der Waals surface area contributed by atoms with Crippen LogP contribution in [-0.4, -0.2) is 51.1 Å². The van der Waals surface area contributed by atoms with Crippen LogP contribution in [0.15, 0.2) is 35.4 Å². The van der Waals surface area contributed by atoms with Gasteiger partial charge in [0.05, 0.1) is 24.0 Å². The Morgan fingerprint density at radius 2 is 1.97 bits per heavy atom. The van der Waals surface area contributed by atoms with Crippen molar-refractivity contribution in [2.75, 3.05) is 18.2 Å². The first-order chi connectivity index (χ1) is 17.1. The summed E-state index contributed by atoms with van der Waals surface area (Å²) in [4.78, 5) is 25.6. The van der Waals surface area contributed by atoms with Crippen molar-refractivity contribution in [1.29, 1.82) is 0 Å². The van der Waals surface area contributed by atoms with Crippen LogP contribution in [0.3, 0.4) is 0 Å². The van der Waals surface area contributed by atoms with Gasteiger partial charge in [-0.25, -0.2) is 8.42 Å². The fraction of sp³-hybridized carbons (Fsp3) is 0.593. The molecule has 1 aromatic carbocycles. The molecule has 0 saturated heterocycles. The summed E-state index contributed by atoms with van der Waals surface area (Å²) in [5.41, 5.74) is 1.34. The Bertz CT molecular complexity index is 1250. The molecule has 8 nitrogen and oxygen atoms in total. The quantitative estimate of drug-likeness (QED) is 0.415. The molecular formula is C27H41N3O5SSi. The maximum Gasteiger partial charge on any atom is 0.233 e. The van der Waals surface area contributed by atoms with Crippen molar-refractivity contribution in [3.8, 4) is 0 Å². The highest BCUT2D eigenvalue weighted by Gasteiger charge is 2.37. The molecule has 3 rings (SSSR count). The first-order valence-corrected chi connectivity index (χ1v) is 17.7. The van der Waals surface area contributed by atoms with Crippen LogP contribution in [-0.2, 0) is 30.4 Å². The number of aromatic nitrogens is 2. The number of carbonyl (C=O) groups excluding carboxylic acids is 2. The van der Waals surface area contributed by atoms with Crippen LogP contribution < -0.4 is 5.32 Å². The molecular weight excluding hydrogens is 506 g/mol. The number of nitrogens with one attached hydrogen (secondary N) is 1. The van der Waals surface area contributed by atoms with Crippen LogP contribution in [0.1, 0.15) is 63.5 Å². The van der Waals surface area contributed by atoms with Crippen LogP contribution in [0.25, 0.3) is 0 Å². The van der Waals surface area contributed by atoms with Gasteiger partial charge in [-0.05, 0) is 61.0 Å². The number of rotatable bonds is 10. The smallest absolute Gasteiger partial charge is 0.233 e. The molecule has 1 aromatic heterocycles. The molecule has 204 valence electrons. The van der Waals surface area contributed by atoms with E-state index in [4.69, 9.17) is 4.43 Å². The average Bonchev–Trinajstić information content (AvgIpc) is 3.38. The minimum Gasteiger partial charge on any atom is -0.415 e. The fourth-order valence-electron chi connectivity index (χ4n) is 4.50. The van der Waals surface area contributed by atoms with Gasteiger partial charge in [0, 0.05) is 31.4 Å². The number of amides is 1. The van der Waals surface area contributed by atoms with E-state index in [1.807, 2.05) is 6.20 Å². The highest BCUT2D eigenvalue weighted by molar-refractivity contribution is 7.90. The van der Waals surface area contributed by atoms with E-state index in [0.717, 1.165) is 12.0 Å². The van der Waals surface area contributed by atoms with Crippen molar-refractivity contribution < 1.29 is 22.4 Å². The summed E-state index contributed by atoms with van der Waals surface area (Å²) < 4.78 is 32.1. The number of anilines is 1. The lowest BCUT2D eigenvalue weighted by atomic mass is 9.86. The van der Waals surface area contributed by atoms with Crippen molar-refractivity contribution in [3.63, 3.8) is 0 Å². The van der Waals surface area contributed by atoms with Gasteiger partial charge in [0.1, 0.15) is 5.78 Å². The van der Waals surface area contributed by atoms with Crippen LogP contribution in [0.4, 0.5) is 5.82 Å². The number of sulfone groups is 1. The van der Waals surface area contributed by atoms with Gasteiger partial charge in [0.25, 0.3) is 0 Å². The van der Waals surface area contributed by atoms with Gasteiger partial charge in [-0.2, -0.15) is 5.10 Å². The molecule has 1 fully saturated rings. The van der Waals surface area contributed by atoms with E-state index in [9.17, 15) is 18.0 Å². The lowest BCUT2D eigenvalue weighted by Gasteiger charge is -2.36. The van der Waals surface area contributed by atoms with E-state index in [-0.39, 0.29) is 27.5 Å². The molecule has 2 aromatic rings. The molecule has 1 aliphatic carbocycles. The number of hydrogen-bond donors (Lipinski definition) is 1. The zero-order valence-corrected chi connectivity index (χ0v) is 24.9. The molecule has 1 saturated carbocycles. The van der Waals surface area contributed by atoms with Crippen LogP contribution in [0.2, 0.25) is 18.1 Å². The van der Waals surface area contributed by atoms with Crippen LogP contribution in [0.5, 0.6) is 0 Å². The predicted octanol–water partition coefficient (Wildman–Crippen LogP) is 5.10. The first kappa shape index (κ1) is 29.3. The Balaban J connectivity index is 1.73. The summed E-state index contributed by atoms with van der Waals surface area (Å²) in [6.45, 7) is 13.9. The van der Waals surface area contributed by atoms with Crippen molar-refractivity contribution >= 4 is 35.7 Å². The number of benzene rings is 1. The van der Waals surface area contributed by atoms with Crippen LogP contribution >= 0.6 is 0 Å². The molecule has 1 amide bonds. The first-order valence-electron chi connectivity index (χ1n) is 12.9. The number of aryl methyl sites for hydroxylation is 1. The average molecular weight is 548 g/mol. The lowest BCUT2D eigenvalue weighted by molar-refractivity contribution is -0.119. The monoisotopic (exact) mass is 547 g/mol. The molecule has 0 bridgehead atoms. The van der Waals surface area contributed by atoms with E-state index in [1.54, 1.807) is 35.9 Å². The Kier molecular flexibility index (Phi) is 8.86. The standard InChI is InChI=1S/C27H41N3O5SSi/c1-19-16-21(9-11-24(19)36(5,33)34)23(18-20-8-10-22(31)17-20)26(32)28-25-12-13-30(29-25)14-15-35-37(6,7)27(2,3)4/h9,11-13,16,20,23H,8,10,14-15,17-18H2,1-7H3,(H,28,29,32)/t20-,23+/m0/s1. The third-order valence-corrected chi connectivity index (χ3v) is 13.5. The molecule has 1 N–H and O–H groups in total. The van der Waals surface area contributed by atoms with Gasteiger partial charge in [-0.15, -0.1) is 0 Å². The Morgan fingerprint density at radius 3 is 2.54 bits per heavy atom. The molecule has 0 spiro atoms. The third-order valence-electron chi connectivity index (χ3n) is 7.72. The number of ketones is 1. The zero-order valence-electron chi connectivity index (χ0n) is 23.1. The number of Topliss-reactive ketones (excluding diaryl/α,β-unsaturated/α-hetero) is 1. The van der Waals surface area contributed by atoms with Gasteiger partial charge >= 0.3 is 0 Å². The summed E-state index contributed by atoms with van der Waals surface area (Å²) in [5.74, 6) is 0.0767. The molecule has 10 heteroatoms. The van der Waals surface area contributed by atoms with Crippen molar-refractivity contribution in [1.82, 2.24) is 9.78 Å². The molecule has 0 radical (unpaired) electrons. The summed E-state index contributed by atoms with van der Waals surface area (Å²) >= 11 is 0. The minimum atomic E-state index is -3.36. The maximum absolute atomic E-state index is 13.5. The summed E-state index contributed by atoms with van der Waals surface area (Å²) in [5, 5.41) is 7.57. The summed E-state index contributed by atoms with van der Waals surface area (Å²) in [7, 11) is -5.21. The highest BCUT2D eigenvalue weighted by atomic mass is 32.2. The second-order valence-corrected chi connectivity index (χ2v) is 18.6. The van der Waals surface area contributed by atoms with Crippen molar-refractivity contribution in [2.45, 2.75) is 88.9 Å². The fourth-order valence-corrected chi connectivity index (χ4v) is 6.50. The normalized spacial score (nSPS) is 17.7. The Hall–Kier alpha value is -2.30. The number of hydrogen-bond acceptors (Lipinski definition) is 6. The molecule has 0 unspecified atom stereocenters. The topological polar surface area (TPSA) is 107 Å². The van der Waals surface area contributed by atoms with Gasteiger partial charge in [-0.3, -0.25) is 14.3 Å². The van der Waals surface area contributed by atoms with Crippen molar-refractivity contribution in [3.05, 3.63) is 41.6 Å². The zero-order chi connectivity index (χ0) is 27.6. The molecule has 2 atom stereocenters. The molecule has 0 aliphatic heterocycles. The highest BCUT2D eigenvalue weighted by Crippen LogP contribution is 2.37. The second-order valence-electron chi connectivity index (χ2n) is 11.8. The Morgan fingerprint density at radius 1 is 1.27 bits per heavy atom. The van der Waals surface area contributed by atoms with Gasteiger partial charge < -0.3 is 9.74 Å². The van der Waals surface area contributed by atoms with E-state index >= 15 is 0 Å². The Labute approximate surface area is 222 Å². The SMILES string of the molecule is Cc1cc([C@@H](C[C@H]2CCC(=O)C2)C(=O)Nc2ccn(CCO[Si](C)(C)C(C)(C)C)n2)ccc1S(C)(=O)=O. The van der Waals surface area contributed by atoms with E-state index in [0.29, 0.717) is 43.8 Å². The molecule has 1 aliphatic rings. The lowest BCUT2D eigenvalue weighted by Crippen LogP contribution is -2.41. The minimum absolute atomic E-state index is 0.128. The van der Waals surface area contributed by atoms with Crippen molar-refractivity contribution in [2.24, 2.45) is 5.92 Å². The van der Waals surface area contributed by atoms with E-state index < -0.39 is 24.1 Å². The summed E-state index contributed by atoms with van der Waals surface area (Å²) in [6, 6.07) is 6.81. The van der Waals surface area contributed by atoms with Gasteiger partial charge in [-0.1, -0.05) is 32.9 Å². The second kappa shape index (κ2) is 11.2. The third kappa shape index (κ3) is 7.61. The molecule has 1 heterocycles. The summed E-state index contributed by atoms with van der Waals surface area (Å²) in [6.07, 6.45) is 5.32. The van der Waals surface area contributed by atoms with Gasteiger partial charge in [0.15, 0.2) is 24.0 Å². The van der Waals surface area contributed by atoms with Gasteiger partial charge in [0.2, 0.25) is 5.91 Å². The van der Waals surface area contributed by atoms with Crippen LogP contribution in [0, 0.1) is 12.8 Å². The molecule has 37 heavy (non-hydrogen) atoms. The maximum atomic E-state index is 13.5. The predicted molar refractivity (Wildman–Crippen MR) is 148 cm³/mol. The number of carbonyl (C=O) groups is 2. The van der Waals surface area contributed by atoms with E-state index in [1.165, 1.54) is 6.26 Å². The largest absolute Gasteiger partial charge is 0.415 e.